The molecule has 3 heterocycles. The van der Waals surface area contributed by atoms with E-state index in [9.17, 15) is 0 Å². The first-order valence-electron chi connectivity index (χ1n) is 13.1. The van der Waals surface area contributed by atoms with Crippen LogP contribution in [0.25, 0.3) is 76.0 Å². The lowest BCUT2D eigenvalue weighted by Gasteiger charge is -2.12. The number of fused-ring (bicyclic) bond motifs is 10. The third-order valence-corrected chi connectivity index (χ3v) is 8.83. The summed E-state index contributed by atoms with van der Waals surface area (Å²) in [5.41, 5.74) is 10.2. The minimum atomic E-state index is 1.04. The summed E-state index contributed by atoms with van der Waals surface area (Å²) in [4.78, 5) is 4.53. The zero-order chi connectivity index (χ0) is 25.5. The largest absolute Gasteiger partial charge is 0.307 e. The van der Waals surface area contributed by atoms with Gasteiger partial charge in [0.25, 0.3) is 0 Å². The monoisotopic (exact) mass is 515 g/mol. The fraction of sp³-hybridized carbons (Fsp3) is 0. The van der Waals surface area contributed by atoms with Crippen molar-refractivity contribution in [2.45, 2.75) is 0 Å². The molecule has 6 aromatic carbocycles. The van der Waals surface area contributed by atoms with Crippen LogP contribution in [0, 0.1) is 0 Å². The van der Waals surface area contributed by atoms with Gasteiger partial charge in [-0.15, -0.1) is 11.3 Å². The molecule has 0 bridgehead atoms. The van der Waals surface area contributed by atoms with E-state index in [1.165, 1.54) is 59.1 Å². The number of aromatic nitrogens is 3. The van der Waals surface area contributed by atoms with Crippen LogP contribution in [0.1, 0.15) is 0 Å². The van der Waals surface area contributed by atoms with Gasteiger partial charge in [0.1, 0.15) is 0 Å². The predicted octanol–water partition coefficient (Wildman–Crippen LogP) is 9.64. The molecule has 0 unspecified atom stereocenters. The van der Waals surface area contributed by atoms with Crippen molar-refractivity contribution in [2.75, 3.05) is 0 Å². The fourth-order valence-electron chi connectivity index (χ4n) is 6.41. The molecule has 0 aliphatic rings. The number of benzene rings is 6. The predicted molar refractivity (Wildman–Crippen MR) is 166 cm³/mol. The standard InChI is InChI=1S/C35H21N3S/c1-2-9-23(10-3-1)37-31-19-14-22-8-4-5-11-25(22)33(31)28-17-16-27-26-12-6-7-13-30(26)38(34(27)35(28)37)24-15-18-29-32(20-24)39-21-36-29/h1-21H. The second-order valence-electron chi connectivity index (χ2n) is 10.1. The van der Waals surface area contributed by atoms with Crippen molar-refractivity contribution in [3.63, 3.8) is 0 Å². The molecule has 0 saturated heterocycles. The fourth-order valence-corrected chi connectivity index (χ4v) is 7.12. The van der Waals surface area contributed by atoms with Gasteiger partial charge in [-0.2, -0.15) is 0 Å². The summed E-state index contributed by atoms with van der Waals surface area (Å²) in [5.74, 6) is 0. The summed E-state index contributed by atoms with van der Waals surface area (Å²) in [6.45, 7) is 0. The second kappa shape index (κ2) is 7.79. The van der Waals surface area contributed by atoms with Crippen LogP contribution in [-0.4, -0.2) is 14.1 Å². The average molecular weight is 516 g/mol. The van der Waals surface area contributed by atoms with Crippen LogP contribution >= 0.6 is 11.3 Å². The smallest absolute Gasteiger partial charge is 0.0813 e. The van der Waals surface area contributed by atoms with E-state index in [2.05, 4.69) is 135 Å². The molecule has 0 amide bonds. The van der Waals surface area contributed by atoms with Crippen LogP contribution in [0.5, 0.6) is 0 Å². The Bertz CT molecular complexity index is 2390. The summed E-state index contributed by atoms with van der Waals surface area (Å²) >= 11 is 1.69. The highest BCUT2D eigenvalue weighted by atomic mass is 32.1. The summed E-state index contributed by atoms with van der Waals surface area (Å²) in [6, 6.07) is 44.1. The van der Waals surface area contributed by atoms with Gasteiger partial charge in [-0.3, -0.25) is 0 Å². The van der Waals surface area contributed by atoms with Crippen molar-refractivity contribution in [2.24, 2.45) is 0 Å². The molecule has 0 aliphatic carbocycles. The number of rotatable bonds is 2. The topological polar surface area (TPSA) is 22.8 Å². The van der Waals surface area contributed by atoms with Gasteiger partial charge in [0, 0.05) is 32.9 Å². The molecule has 9 rings (SSSR count). The first-order valence-corrected chi connectivity index (χ1v) is 14.0. The Balaban J connectivity index is 1.58. The van der Waals surface area contributed by atoms with Gasteiger partial charge >= 0.3 is 0 Å². The van der Waals surface area contributed by atoms with Crippen LogP contribution in [-0.2, 0) is 0 Å². The molecule has 0 fully saturated rings. The van der Waals surface area contributed by atoms with E-state index in [0.29, 0.717) is 0 Å². The van der Waals surface area contributed by atoms with Crippen LogP contribution in [0.2, 0.25) is 0 Å². The van der Waals surface area contributed by atoms with E-state index in [1.54, 1.807) is 11.3 Å². The van der Waals surface area contributed by atoms with Gasteiger partial charge < -0.3 is 9.13 Å². The SMILES string of the molecule is c1ccc(-n2c3ccc4ccccc4c3c3ccc4c5ccccc5n(-c5ccc6ncsc6c5)c4c32)cc1. The molecular weight excluding hydrogens is 494 g/mol. The Labute approximate surface area is 227 Å². The zero-order valence-electron chi connectivity index (χ0n) is 20.9. The van der Waals surface area contributed by atoms with Crippen molar-refractivity contribution >= 4 is 75.9 Å². The minimum absolute atomic E-state index is 1.04. The molecule has 0 saturated carbocycles. The number of hydrogen-bond donors (Lipinski definition) is 0. The Morgan fingerprint density at radius 3 is 2.18 bits per heavy atom. The molecule has 4 heteroatoms. The molecule has 0 spiro atoms. The summed E-state index contributed by atoms with van der Waals surface area (Å²) in [5, 5.41) is 7.61. The lowest BCUT2D eigenvalue weighted by molar-refractivity contribution is 1.15. The molecular formula is C35H21N3S. The second-order valence-corrected chi connectivity index (χ2v) is 11.0. The molecule has 3 aromatic heterocycles. The van der Waals surface area contributed by atoms with Crippen LogP contribution < -0.4 is 0 Å². The van der Waals surface area contributed by atoms with Gasteiger partial charge in [0.2, 0.25) is 0 Å². The summed E-state index contributed by atoms with van der Waals surface area (Å²) in [7, 11) is 0. The van der Waals surface area contributed by atoms with Crippen LogP contribution in [0.3, 0.4) is 0 Å². The summed E-state index contributed by atoms with van der Waals surface area (Å²) < 4.78 is 6.10. The lowest BCUT2D eigenvalue weighted by atomic mass is 10.0. The molecule has 0 radical (unpaired) electrons. The van der Waals surface area contributed by atoms with Crippen molar-refractivity contribution in [1.82, 2.24) is 14.1 Å². The first-order chi connectivity index (χ1) is 19.4. The molecule has 182 valence electrons. The first kappa shape index (κ1) is 21.1. The lowest BCUT2D eigenvalue weighted by Crippen LogP contribution is -1.98. The number of hydrogen-bond acceptors (Lipinski definition) is 2. The third kappa shape index (κ3) is 2.84. The van der Waals surface area contributed by atoms with E-state index < -0.39 is 0 Å². The molecule has 9 aromatic rings. The Morgan fingerprint density at radius 1 is 0.513 bits per heavy atom. The van der Waals surface area contributed by atoms with Crippen LogP contribution in [0.15, 0.2) is 127 Å². The maximum atomic E-state index is 4.53. The average Bonchev–Trinajstić information content (AvgIpc) is 3.69. The Morgan fingerprint density at radius 2 is 1.26 bits per heavy atom. The molecule has 39 heavy (non-hydrogen) atoms. The molecule has 3 nitrogen and oxygen atoms in total. The van der Waals surface area contributed by atoms with E-state index in [-0.39, 0.29) is 0 Å². The highest BCUT2D eigenvalue weighted by molar-refractivity contribution is 7.16. The highest BCUT2D eigenvalue weighted by Crippen LogP contribution is 2.43. The summed E-state index contributed by atoms with van der Waals surface area (Å²) in [6.07, 6.45) is 0. The molecule has 0 aliphatic heterocycles. The minimum Gasteiger partial charge on any atom is -0.307 e. The Hall–Kier alpha value is -4.93. The normalized spacial score (nSPS) is 12.1. The maximum Gasteiger partial charge on any atom is 0.0813 e. The van der Waals surface area contributed by atoms with Crippen LogP contribution in [0.4, 0.5) is 0 Å². The van der Waals surface area contributed by atoms with Crippen molar-refractivity contribution in [3.05, 3.63) is 127 Å². The molecule has 0 N–H and O–H groups in total. The van der Waals surface area contributed by atoms with E-state index in [0.717, 1.165) is 16.9 Å². The number of thiazole rings is 1. The van der Waals surface area contributed by atoms with E-state index >= 15 is 0 Å². The van der Waals surface area contributed by atoms with Gasteiger partial charge in [-0.1, -0.05) is 78.9 Å². The maximum absolute atomic E-state index is 4.53. The quantitative estimate of drug-likeness (QED) is 0.225. The zero-order valence-corrected chi connectivity index (χ0v) is 21.7. The van der Waals surface area contributed by atoms with Gasteiger partial charge in [0.05, 0.1) is 37.8 Å². The van der Waals surface area contributed by atoms with Crippen molar-refractivity contribution in [3.8, 4) is 11.4 Å². The highest BCUT2D eigenvalue weighted by Gasteiger charge is 2.22. The van der Waals surface area contributed by atoms with Gasteiger partial charge in [0.15, 0.2) is 0 Å². The molecule has 0 atom stereocenters. The number of nitrogens with zero attached hydrogens (tertiary/aromatic N) is 3. The van der Waals surface area contributed by atoms with Gasteiger partial charge in [-0.05, 0) is 53.2 Å². The van der Waals surface area contributed by atoms with Crippen molar-refractivity contribution < 1.29 is 0 Å². The van der Waals surface area contributed by atoms with E-state index in [1.807, 2.05) is 5.51 Å². The third-order valence-electron chi connectivity index (χ3n) is 8.04. The van der Waals surface area contributed by atoms with E-state index in [4.69, 9.17) is 0 Å². The number of para-hydroxylation sites is 2. The van der Waals surface area contributed by atoms with Gasteiger partial charge in [-0.25, -0.2) is 4.98 Å². The Kier molecular flexibility index (Phi) is 4.21. The van der Waals surface area contributed by atoms with Crippen molar-refractivity contribution in [1.29, 1.82) is 0 Å².